The number of carbonyl (C=O) groups excluding carboxylic acids is 2. The van der Waals surface area contributed by atoms with E-state index in [1.807, 2.05) is 18.7 Å². The maximum atomic E-state index is 13.0. The molecular weight excluding hydrogens is 403 g/mol. The summed E-state index contributed by atoms with van der Waals surface area (Å²) in [5.74, 6) is 0.359. The highest BCUT2D eigenvalue weighted by Gasteiger charge is 2.36. The van der Waals surface area contributed by atoms with Crippen LogP contribution in [0.1, 0.15) is 30.3 Å². The van der Waals surface area contributed by atoms with Gasteiger partial charge in [-0.2, -0.15) is 13.2 Å². The molecule has 9 heteroatoms. The van der Waals surface area contributed by atoms with Crippen molar-refractivity contribution in [1.82, 2.24) is 14.7 Å². The summed E-state index contributed by atoms with van der Waals surface area (Å²) in [4.78, 5) is 30.2. The smallest absolute Gasteiger partial charge is 0.340 e. The lowest BCUT2D eigenvalue weighted by molar-refractivity contribution is -0.138. The van der Waals surface area contributed by atoms with E-state index in [-0.39, 0.29) is 23.5 Å². The molecule has 2 aliphatic heterocycles. The summed E-state index contributed by atoms with van der Waals surface area (Å²) >= 11 is 1.36. The van der Waals surface area contributed by atoms with Crippen LogP contribution in [-0.2, 0) is 15.8 Å². The van der Waals surface area contributed by atoms with Gasteiger partial charge in [0.25, 0.3) is 0 Å². The van der Waals surface area contributed by atoms with Crippen LogP contribution in [-0.4, -0.2) is 71.5 Å². The fourth-order valence-corrected chi connectivity index (χ4v) is 4.86. The van der Waals surface area contributed by atoms with Crippen LogP contribution < -0.4 is 0 Å². The summed E-state index contributed by atoms with van der Waals surface area (Å²) in [7, 11) is 0. The van der Waals surface area contributed by atoms with E-state index >= 15 is 0 Å². The Hall–Kier alpha value is -1.74. The molecule has 2 saturated heterocycles. The lowest BCUT2D eigenvalue weighted by Gasteiger charge is -2.36. The van der Waals surface area contributed by atoms with Gasteiger partial charge in [0.1, 0.15) is 5.37 Å². The molecule has 2 aliphatic rings. The number of halogens is 3. The normalized spacial score (nSPS) is 21.3. The predicted octanol–water partition coefficient (Wildman–Crippen LogP) is 3.08. The van der Waals surface area contributed by atoms with E-state index in [4.69, 9.17) is 0 Å². The van der Waals surface area contributed by atoms with Crippen molar-refractivity contribution < 1.29 is 22.8 Å². The van der Waals surface area contributed by atoms with Crippen LogP contribution in [0.25, 0.3) is 0 Å². The molecule has 0 aromatic heterocycles. The number of thioether (sulfide) groups is 1. The van der Waals surface area contributed by atoms with E-state index in [0.29, 0.717) is 31.7 Å². The Morgan fingerprint density at radius 1 is 1.17 bits per heavy atom. The summed E-state index contributed by atoms with van der Waals surface area (Å²) in [5.41, 5.74) is -0.191. The van der Waals surface area contributed by atoms with Crippen molar-refractivity contribution in [2.24, 2.45) is 5.92 Å². The maximum Gasteiger partial charge on any atom is 0.416 e. The van der Waals surface area contributed by atoms with Crippen LogP contribution in [0.2, 0.25) is 0 Å². The first-order chi connectivity index (χ1) is 13.7. The molecule has 5 nitrogen and oxygen atoms in total. The first kappa shape index (κ1) is 22.0. The van der Waals surface area contributed by atoms with Crippen molar-refractivity contribution in [1.29, 1.82) is 0 Å². The van der Waals surface area contributed by atoms with Crippen LogP contribution in [0.3, 0.4) is 0 Å². The van der Waals surface area contributed by atoms with Gasteiger partial charge in [-0.25, -0.2) is 0 Å². The molecule has 160 valence electrons. The number of benzene rings is 1. The molecule has 2 amide bonds. The lowest BCUT2D eigenvalue weighted by Crippen LogP contribution is -2.51. The molecule has 29 heavy (non-hydrogen) atoms. The molecule has 2 heterocycles. The maximum absolute atomic E-state index is 13.0. The summed E-state index contributed by atoms with van der Waals surface area (Å²) < 4.78 is 39.1. The van der Waals surface area contributed by atoms with Crippen LogP contribution in [0, 0.1) is 5.92 Å². The second-order valence-corrected chi connectivity index (χ2v) is 8.76. The number of amides is 2. The van der Waals surface area contributed by atoms with Gasteiger partial charge in [0, 0.05) is 45.2 Å². The molecule has 3 rings (SSSR count). The Bertz CT molecular complexity index is 749. The largest absolute Gasteiger partial charge is 0.416 e. The Kier molecular flexibility index (Phi) is 6.78. The topological polar surface area (TPSA) is 43.9 Å². The molecule has 0 N–H and O–H groups in total. The molecule has 1 aromatic rings. The van der Waals surface area contributed by atoms with Crippen molar-refractivity contribution in [3.05, 3.63) is 35.4 Å². The van der Waals surface area contributed by atoms with Crippen molar-refractivity contribution in [3.63, 3.8) is 0 Å². The summed E-state index contributed by atoms with van der Waals surface area (Å²) in [5, 5.41) is -0.395. The van der Waals surface area contributed by atoms with E-state index < -0.39 is 17.1 Å². The van der Waals surface area contributed by atoms with Gasteiger partial charge in [0.15, 0.2) is 0 Å². The molecule has 0 spiro atoms. The van der Waals surface area contributed by atoms with Gasteiger partial charge in [0.05, 0.1) is 11.3 Å². The van der Waals surface area contributed by atoms with Gasteiger partial charge in [-0.3, -0.25) is 14.5 Å². The third kappa shape index (κ3) is 5.25. The summed E-state index contributed by atoms with van der Waals surface area (Å²) in [6.07, 6.45) is -4.40. The number of piperazine rings is 1. The van der Waals surface area contributed by atoms with Gasteiger partial charge < -0.3 is 9.80 Å². The minimum absolute atomic E-state index is 0.0194. The van der Waals surface area contributed by atoms with Gasteiger partial charge >= 0.3 is 6.18 Å². The van der Waals surface area contributed by atoms with E-state index in [2.05, 4.69) is 4.90 Å². The Balaban J connectivity index is 1.59. The van der Waals surface area contributed by atoms with Crippen LogP contribution >= 0.6 is 11.8 Å². The van der Waals surface area contributed by atoms with Crippen LogP contribution in [0.5, 0.6) is 0 Å². The SMILES string of the molecule is CC(C)C(=O)N1CCN(CCN2C(=O)CSC2c2cccc(C(F)(F)F)c2)CC1. The van der Waals surface area contributed by atoms with Crippen molar-refractivity contribution in [3.8, 4) is 0 Å². The third-order valence-corrected chi connectivity index (χ3v) is 6.56. The standard InChI is InChI=1S/C20H26F3N3O2S/c1-14(2)18(28)25-9-6-24(7-10-25)8-11-26-17(27)13-29-19(26)15-4-3-5-16(12-15)20(21,22)23/h3-5,12,14,19H,6-11,13H2,1-2H3. The molecule has 0 radical (unpaired) electrons. The molecule has 0 saturated carbocycles. The highest BCUT2D eigenvalue weighted by Crippen LogP contribution is 2.40. The molecular formula is C20H26F3N3O2S. The second kappa shape index (κ2) is 8.95. The highest BCUT2D eigenvalue weighted by atomic mass is 32.2. The van der Waals surface area contributed by atoms with Crippen molar-refractivity contribution >= 4 is 23.6 Å². The van der Waals surface area contributed by atoms with E-state index in [0.717, 1.165) is 25.2 Å². The zero-order valence-corrected chi connectivity index (χ0v) is 17.4. The Labute approximate surface area is 173 Å². The summed E-state index contributed by atoms with van der Waals surface area (Å²) in [6, 6.07) is 5.23. The van der Waals surface area contributed by atoms with Crippen LogP contribution in [0.4, 0.5) is 13.2 Å². The highest BCUT2D eigenvalue weighted by molar-refractivity contribution is 8.00. The number of hydrogen-bond acceptors (Lipinski definition) is 4. The van der Waals surface area contributed by atoms with Gasteiger partial charge in [0.2, 0.25) is 11.8 Å². The van der Waals surface area contributed by atoms with Crippen LogP contribution in [0.15, 0.2) is 24.3 Å². The van der Waals surface area contributed by atoms with Gasteiger partial charge in [-0.05, 0) is 17.7 Å². The molecule has 0 aliphatic carbocycles. The zero-order chi connectivity index (χ0) is 21.2. The second-order valence-electron chi connectivity index (χ2n) is 7.70. The molecule has 0 bridgehead atoms. The number of alkyl halides is 3. The zero-order valence-electron chi connectivity index (χ0n) is 16.6. The average molecular weight is 430 g/mol. The fourth-order valence-electron chi connectivity index (χ4n) is 3.65. The molecule has 1 atom stereocenters. The number of nitrogens with zero attached hydrogens (tertiary/aromatic N) is 3. The van der Waals surface area contributed by atoms with Gasteiger partial charge in [-0.1, -0.05) is 26.0 Å². The fraction of sp³-hybridized carbons (Fsp3) is 0.600. The quantitative estimate of drug-likeness (QED) is 0.722. The summed E-state index contributed by atoms with van der Waals surface area (Å²) in [6.45, 7) is 7.69. The Morgan fingerprint density at radius 3 is 2.48 bits per heavy atom. The van der Waals surface area contributed by atoms with E-state index in [1.54, 1.807) is 11.0 Å². The van der Waals surface area contributed by atoms with Crippen molar-refractivity contribution in [2.75, 3.05) is 45.0 Å². The monoisotopic (exact) mass is 429 g/mol. The van der Waals surface area contributed by atoms with Gasteiger partial charge in [-0.15, -0.1) is 11.8 Å². The number of carbonyl (C=O) groups is 2. The number of hydrogen-bond donors (Lipinski definition) is 0. The predicted molar refractivity (Wildman–Crippen MR) is 106 cm³/mol. The Morgan fingerprint density at radius 2 is 1.86 bits per heavy atom. The molecule has 1 aromatic carbocycles. The first-order valence-electron chi connectivity index (χ1n) is 9.76. The lowest BCUT2D eigenvalue weighted by atomic mass is 10.1. The number of rotatable bonds is 5. The molecule has 2 fully saturated rings. The van der Waals surface area contributed by atoms with E-state index in [1.165, 1.54) is 17.8 Å². The minimum atomic E-state index is -4.40. The minimum Gasteiger partial charge on any atom is -0.340 e. The first-order valence-corrected chi connectivity index (χ1v) is 10.8. The molecule has 1 unspecified atom stereocenters. The third-order valence-electron chi connectivity index (χ3n) is 5.30. The van der Waals surface area contributed by atoms with E-state index in [9.17, 15) is 22.8 Å². The average Bonchev–Trinajstić information content (AvgIpc) is 3.06. The van der Waals surface area contributed by atoms with Crippen molar-refractivity contribution in [2.45, 2.75) is 25.4 Å².